The van der Waals surface area contributed by atoms with Crippen molar-refractivity contribution >= 4 is 16.9 Å². The summed E-state index contributed by atoms with van der Waals surface area (Å²) in [5.74, 6) is 1.30. The largest absolute Gasteiger partial charge is 0.477 e. The van der Waals surface area contributed by atoms with Gasteiger partial charge in [-0.05, 0) is 25.5 Å². The zero-order chi connectivity index (χ0) is 12.8. The van der Waals surface area contributed by atoms with E-state index < -0.39 is 0 Å². The predicted molar refractivity (Wildman–Crippen MR) is 74.1 cm³/mol. The van der Waals surface area contributed by atoms with Gasteiger partial charge in [-0.3, -0.25) is 0 Å². The van der Waals surface area contributed by atoms with Gasteiger partial charge in [0.2, 0.25) is 11.8 Å². The second kappa shape index (κ2) is 6.19. The molecule has 0 amide bonds. The summed E-state index contributed by atoms with van der Waals surface area (Å²) in [6.45, 7) is 5.66. The molecule has 0 saturated carbocycles. The molecule has 1 aromatic heterocycles. The van der Waals surface area contributed by atoms with Gasteiger partial charge in [0.05, 0.1) is 17.5 Å². The third-order valence-corrected chi connectivity index (χ3v) is 2.64. The van der Waals surface area contributed by atoms with Crippen molar-refractivity contribution in [3.8, 4) is 5.88 Å². The van der Waals surface area contributed by atoms with Crippen LogP contribution in [0.5, 0.6) is 5.88 Å². The standard InChI is InChI=1S/C14H19N3O/c1-3-5-10-18-13-11-8-6-7-9-12(11)16-14(17-13)15-4-2/h6-9H,3-5,10H2,1-2H3,(H,15,16,17). The maximum absolute atomic E-state index is 5.76. The topological polar surface area (TPSA) is 47.0 Å². The third kappa shape index (κ3) is 2.88. The molecule has 0 aliphatic rings. The second-order valence-electron chi connectivity index (χ2n) is 4.10. The van der Waals surface area contributed by atoms with E-state index in [9.17, 15) is 0 Å². The SMILES string of the molecule is CCCCOc1nc(NCC)nc2ccccc12. The van der Waals surface area contributed by atoms with Crippen LogP contribution >= 0.6 is 0 Å². The molecule has 0 aliphatic heterocycles. The molecule has 4 heteroatoms. The lowest BCUT2D eigenvalue weighted by atomic mass is 10.2. The van der Waals surface area contributed by atoms with Crippen molar-refractivity contribution in [2.24, 2.45) is 0 Å². The molecule has 0 spiro atoms. The van der Waals surface area contributed by atoms with Crippen LogP contribution in [-0.2, 0) is 0 Å². The molecule has 0 atom stereocenters. The molecule has 1 N–H and O–H groups in total. The van der Waals surface area contributed by atoms with Gasteiger partial charge in [0.25, 0.3) is 0 Å². The Morgan fingerprint density at radius 1 is 1.17 bits per heavy atom. The number of rotatable bonds is 6. The predicted octanol–water partition coefficient (Wildman–Crippen LogP) is 3.24. The Bertz CT molecular complexity index is 513. The van der Waals surface area contributed by atoms with Crippen molar-refractivity contribution in [3.63, 3.8) is 0 Å². The number of anilines is 1. The lowest BCUT2D eigenvalue weighted by molar-refractivity contribution is 0.302. The van der Waals surface area contributed by atoms with Crippen molar-refractivity contribution in [1.82, 2.24) is 9.97 Å². The molecule has 2 rings (SSSR count). The van der Waals surface area contributed by atoms with Gasteiger partial charge in [0.15, 0.2) is 0 Å². The zero-order valence-electron chi connectivity index (χ0n) is 10.9. The van der Waals surface area contributed by atoms with E-state index >= 15 is 0 Å². The molecule has 0 fully saturated rings. The number of para-hydroxylation sites is 1. The minimum absolute atomic E-state index is 0.627. The second-order valence-corrected chi connectivity index (χ2v) is 4.10. The highest BCUT2D eigenvalue weighted by Crippen LogP contribution is 2.23. The molecule has 1 aromatic carbocycles. The average molecular weight is 245 g/mol. The first kappa shape index (κ1) is 12.6. The molecule has 18 heavy (non-hydrogen) atoms. The normalized spacial score (nSPS) is 10.6. The Hall–Kier alpha value is -1.84. The number of hydrogen-bond donors (Lipinski definition) is 1. The van der Waals surface area contributed by atoms with E-state index in [1.807, 2.05) is 31.2 Å². The van der Waals surface area contributed by atoms with Crippen molar-refractivity contribution in [2.75, 3.05) is 18.5 Å². The number of benzene rings is 1. The monoisotopic (exact) mass is 245 g/mol. The highest BCUT2D eigenvalue weighted by atomic mass is 16.5. The molecule has 0 aliphatic carbocycles. The molecular formula is C14H19N3O. The van der Waals surface area contributed by atoms with Gasteiger partial charge in [0, 0.05) is 6.54 Å². The molecule has 2 aromatic rings. The van der Waals surface area contributed by atoms with Crippen LogP contribution in [0.1, 0.15) is 26.7 Å². The number of nitrogens with zero attached hydrogens (tertiary/aromatic N) is 2. The lowest BCUT2D eigenvalue weighted by Crippen LogP contribution is -2.06. The van der Waals surface area contributed by atoms with Gasteiger partial charge >= 0.3 is 0 Å². The first-order valence-corrected chi connectivity index (χ1v) is 6.48. The number of nitrogens with one attached hydrogen (secondary N) is 1. The maximum Gasteiger partial charge on any atom is 0.226 e. The van der Waals surface area contributed by atoms with E-state index in [-0.39, 0.29) is 0 Å². The summed E-state index contributed by atoms with van der Waals surface area (Å²) < 4.78 is 5.76. The van der Waals surface area contributed by atoms with E-state index in [2.05, 4.69) is 22.2 Å². The zero-order valence-corrected chi connectivity index (χ0v) is 10.9. The van der Waals surface area contributed by atoms with Gasteiger partial charge < -0.3 is 10.1 Å². The van der Waals surface area contributed by atoms with Crippen molar-refractivity contribution in [3.05, 3.63) is 24.3 Å². The summed E-state index contributed by atoms with van der Waals surface area (Å²) in [6, 6.07) is 7.92. The minimum Gasteiger partial charge on any atom is -0.477 e. The first-order valence-electron chi connectivity index (χ1n) is 6.48. The summed E-state index contributed by atoms with van der Waals surface area (Å²) in [6.07, 6.45) is 2.15. The number of unbranched alkanes of at least 4 members (excludes halogenated alkanes) is 1. The quantitative estimate of drug-likeness (QED) is 0.794. The average Bonchev–Trinajstić information content (AvgIpc) is 2.39. The van der Waals surface area contributed by atoms with E-state index in [1.165, 1.54) is 0 Å². The van der Waals surface area contributed by atoms with Crippen LogP contribution in [-0.4, -0.2) is 23.1 Å². The van der Waals surface area contributed by atoms with Crippen LogP contribution in [0.25, 0.3) is 10.9 Å². The summed E-state index contributed by atoms with van der Waals surface area (Å²) in [5.41, 5.74) is 0.912. The van der Waals surface area contributed by atoms with Crippen molar-refractivity contribution in [2.45, 2.75) is 26.7 Å². The van der Waals surface area contributed by atoms with Crippen molar-refractivity contribution in [1.29, 1.82) is 0 Å². The number of hydrogen-bond acceptors (Lipinski definition) is 4. The van der Waals surface area contributed by atoms with Gasteiger partial charge in [-0.1, -0.05) is 25.5 Å². The Morgan fingerprint density at radius 3 is 2.78 bits per heavy atom. The number of fused-ring (bicyclic) bond motifs is 1. The van der Waals surface area contributed by atoms with Gasteiger partial charge in [0.1, 0.15) is 0 Å². The molecule has 0 unspecified atom stereocenters. The highest BCUT2D eigenvalue weighted by molar-refractivity contribution is 5.84. The fourth-order valence-corrected chi connectivity index (χ4v) is 1.71. The summed E-state index contributed by atoms with van der Waals surface area (Å²) in [4.78, 5) is 8.87. The molecule has 0 radical (unpaired) electrons. The number of ether oxygens (including phenoxy) is 1. The van der Waals surface area contributed by atoms with Crippen LogP contribution in [0.2, 0.25) is 0 Å². The van der Waals surface area contributed by atoms with Crippen LogP contribution in [0.3, 0.4) is 0 Å². The van der Waals surface area contributed by atoms with Crippen LogP contribution in [0.4, 0.5) is 5.95 Å². The van der Waals surface area contributed by atoms with Crippen LogP contribution < -0.4 is 10.1 Å². The summed E-state index contributed by atoms with van der Waals surface area (Å²) in [5, 5.41) is 4.10. The van der Waals surface area contributed by atoms with Gasteiger partial charge in [-0.2, -0.15) is 4.98 Å². The highest BCUT2D eigenvalue weighted by Gasteiger charge is 2.07. The van der Waals surface area contributed by atoms with E-state index in [4.69, 9.17) is 4.74 Å². The number of aromatic nitrogens is 2. The lowest BCUT2D eigenvalue weighted by Gasteiger charge is -2.10. The molecule has 0 bridgehead atoms. The molecule has 4 nitrogen and oxygen atoms in total. The minimum atomic E-state index is 0.627. The molecule has 0 saturated heterocycles. The Morgan fingerprint density at radius 2 is 2.00 bits per heavy atom. The third-order valence-electron chi connectivity index (χ3n) is 2.64. The smallest absolute Gasteiger partial charge is 0.226 e. The van der Waals surface area contributed by atoms with E-state index in [0.717, 1.165) is 30.3 Å². The van der Waals surface area contributed by atoms with Gasteiger partial charge in [-0.25, -0.2) is 4.98 Å². The van der Waals surface area contributed by atoms with Crippen LogP contribution in [0.15, 0.2) is 24.3 Å². The molecule has 1 heterocycles. The van der Waals surface area contributed by atoms with E-state index in [1.54, 1.807) is 0 Å². The van der Waals surface area contributed by atoms with Crippen LogP contribution in [0, 0.1) is 0 Å². The summed E-state index contributed by atoms with van der Waals surface area (Å²) in [7, 11) is 0. The molecule has 96 valence electrons. The van der Waals surface area contributed by atoms with Gasteiger partial charge in [-0.15, -0.1) is 0 Å². The van der Waals surface area contributed by atoms with Crippen molar-refractivity contribution < 1.29 is 4.74 Å². The Kier molecular flexibility index (Phi) is 4.34. The Balaban J connectivity index is 2.34. The molecular weight excluding hydrogens is 226 g/mol. The fraction of sp³-hybridized carbons (Fsp3) is 0.429. The first-order chi connectivity index (χ1) is 8.85. The fourth-order valence-electron chi connectivity index (χ4n) is 1.71. The summed E-state index contributed by atoms with van der Waals surface area (Å²) >= 11 is 0. The van der Waals surface area contributed by atoms with E-state index in [0.29, 0.717) is 18.4 Å². The Labute approximate surface area is 107 Å². The maximum atomic E-state index is 5.76.